The molecule has 0 aliphatic carbocycles. The van der Waals surface area contributed by atoms with E-state index in [1.807, 2.05) is 0 Å². The van der Waals surface area contributed by atoms with Crippen molar-refractivity contribution < 1.29 is 27.9 Å². The van der Waals surface area contributed by atoms with Gasteiger partial charge < -0.3 is 5.11 Å². The summed E-state index contributed by atoms with van der Waals surface area (Å²) in [4.78, 5) is 25.1. The number of rotatable bonds is 4. The van der Waals surface area contributed by atoms with Gasteiger partial charge in [-0.25, -0.2) is 4.79 Å². The number of hydrogen-bond acceptors (Lipinski definition) is 4. The molecule has 1 saturated heterocycles. The number of thiocarbonyl (C=S) groups is 1. The van der Waals surface area contributed by atoms with Crippen LogP contribution in [-0.2, 0) is 17.5 Å². The minimum Gasteiger partial charge on any atom is -0.478 e. The summed E-state index contributed by atoms with van der Waals surface area (Å²) in [6, 6.07) is 10.7. The number of benzene rings is 2. The second kappa shape index (κ2) is 7.76. The van der Waals surface area contributed by atoms with Gasteiger partial charge in [0.1, 0.15) is 4.32 Å². The minimum absolute atomic E-state index is 0.0656. The van der Waals surface area contributed by atoms with Crippen LogP contribution in [0.25, 0.3) is 6.08 Å². The van der Waals surface area contributed by atoms with Gasteiger partial charge in [-0.3, -0.25) is 9.69 Å². The topological polar surface area (TPSA) is 57.6 Å². The van der Waals surface area contributed by atoms with Crippen LogP contribution in [0.4, 0.5) is 13.2 Å². The van der Waals surface area contributed by atoms with Gasteiger partial charge in [0.05, 0.1) is 22.6 Å². The summed E-state index contributed by atoms with van der Waals surface area (Å²) in [5.41, 5.74) is 0.265. The third-order valence-electron chi connectivity index (χ3n) is 3.92. The Balaban J connectivity index is 1.79. The smallest absolute Gasteiger partial charge is 0.416 e. The SMILES string of the molecule is O=C(O)c1ccc(C=C2SC(=S)N(Cc3cccc(C(F)(F)F)c3)C2=O)cc1. The normalized spacial score (nSPS) is 16.1. The number of carbonyl (C=O) groups excluding carboxylic acids is 1. The number of amides is 1. The number of carbonyl (C=O) groups is 2. The summed E-state index contributed by atoms with van der Waals surface area (Å²) < 4.78 is 38.8. The lowest BCUT2D eigenvalue weighted by Crippen LogP contribution is -2.27. The first-order valence-electron chi connectivity index (χ1n) is 7.90. The fraction of sp³-hybridized carbons (Fsp3) is 0.105. The van der Waals surface area contributed by atoms with Crippen LogP contribution in [0.2, 0.25) is 0 Å². The number of carboxylic acid groups (broad SMARTS) is 1. The number of thioether (sulfide) groups is 1. The van der Waals surface area contributed by atoms with Gasteiger partial charge >= 0.3 is 12.1 Å². The van der Waals surface area contributed by atoms with Crippen molar-refractivity contribution in [1.82, 2.24) is 4.90 Å². The Morgan fingerprint density at radius 1 is 1.18 bits per heavy atom. The Morgan fingerprint density at radius 3 is 2.46 bits per heavy atom. The van der Waals surface area contributed by atoms with Crippen molar-refractivity contribution in [2.24, 2.45) is 0 Å². The summed E-state index contributed by atoms with van der Waals surface area (Å²) >= 11 is 6.25. The van der Waals surface area contributed by atoms with Crippen LogP contribution in [0.5, 0.6) is 0 Å². The lowest BCUT2D eigenvalue weighted by atomic mass is 10.1. The molecule has 0 saturated carbocycles. The van der Waals surface area contributed by atoms with E-state index in [0.29, 0.717) is 16.0 Å². The van der Waals surface area contributed by atoms with Crippen LogP contribution in [0.1, 0.15) is 27.0 Å². The summed E-state index contributed by atoms with van der Waals surface area (Å²) in [5, 5.41) is 8.91. The van der Waals surface area contributed by atoms with Gasteiger partial charge in [-0.2, -0.15) is 13.2 Å². The molecule has 0 unspecified atom stereocenters. The van der Waals surface area contributed by atoms with Crippen LogP contribution in [0.15, 0.2) is 53.4 Å². The first-order valence-corrected chi connectivity index (χ1v) is 9.12. The Bertz CT molecular complexity index is 985. The molecule has 28 heavy (non-hydrogen) atoms. The van der Waals surface area contributed by atoms with Gasteiger partial charge in [-0.1, -0.05) is 48.2 Å². The largest absolute Gasteiger partial charge is 0.478 e. The molecule has 1 N–H and O–H groups in total. The minimum atomic E-state index is -4.46. The van der Waals surface area contributed by atoms with Crippen LogP contribution >= 0.6 is 24.0 Å². The molecular weight excluding hydrogens is 411 g/mol. The highest BCUT2D eigenvalue weighted by molar-refractivity contribution is 8.26. The van der Waals surface area contributed by atoms with Crippen molar-refractivity contribution in [1.29, 1.82) is 0 Å². The maximum Gasteiger partial charge on any atom is 0.416 e. The molecule has 2 aromatic rings. The van der Waals surface area contributed by atoms with Crippen molar-refractivity contribution in [2.75, 3.05) is 0 Å². The molecule has 1 heterocycles. The zero-order valence-corrected chi connectivity index (χ0v) is 15.7. The number of alkyl halides is 3. The van der Waals surface area contributed by atoms with Crippen molar-refractivity contribution in [3.05, 3.63) is 75.7 Å². The first-order chi connectivity index (χ1) is 13.1. The molecule has 1 fully saturated rings. The molecule has 0 atom stereocenters. The van der Waals surface area contributed by atoms with Crippen LogP contribution in [0.3, 0.4) is 0 Å². The highest BCUT2D eigenvalue weighted by Gasteiger charge is 2.33. The monoisotopic (exact) mass is 423 g/mol. The highest BCUT2D eigenvalue weighted by Crippen LogP contribution is 2.35. The number of hydrogen-bond donors (Lipinski definition) is 1. The van der Waals surface area contributed by atoms with Crippen molar-refractivity contribution in [3.63, 3.8) is 0 Å². The van der Waals surface area contributed by atoms with Crippen LogP contribution in [0, 0.1) is 0 Å². The quantitative estimate of drug-likeness (QED) is 0.565. The van der Waals surface area contributed by atoms with Gasteiger partial charge in [0.25, 0.3) is 5.91 Å². The Morgan fingerprint density at radius 2 is 1.86 bits per heavy atom. The van der Waals surface area contributed by atoms with E-state index in [1.165, 1.54) is 29.2 Å². The third-order valence-corrected chi connectivity index (χ3v) is 5.30. The molecule has 0 bridgehead atoms. The first kappa shape index (κ1) is 20.1. The highest BCUT2D eigenvalue weighted by atomic mass is 32.2. The molecule has 9 heteroatoms. The molecular formula is C19H12F3NO3S2. The van der Waals surface area contributed by atoms with Gasteiger partial charge in [-0.15, -0.1) is 0 Å². The van der Waals surface area contributed by atoms with E-state index >= 15 is 0 Å². The maximum absolute atomic E-state index is 12.9. The lowest BCUT2D eigenvalue weighted by molar-refractivity contribution is -0.137. The van der Waals surface area contributed by atoms with Crippen molar-refractivity contribution in [2.45, 2.75) is 12.7 Å². The van der Waals surface area contributed by atoms with Gasteiger partial charge in [0.2, 0.25) is 0 Å². The zero-order chi connectivity index (χ0) is 20.5. The summed E-state index contributed by atoms with van der Waals surface area (Å²) in [6.07, 6.45) is -2.90. The number of aromatic carboxylic acids is 1. The van der Waals surface area contributed by atoms with E-state index in [-0.39, 0.29) is 16.4 Å². The Labute approximate surface area is 167 Å². The molecule has 3 rings (SSSR count). The second-order valence-electron chi connectivity index (χ2n) is 5.89. The predicted octanol–water partition coefficient (Wildman–Crippen LogP) is 4.81. The van der Waals surface area contributed by atoms with E-state index in [2.05, 4.69) is 0 Å². The molecule has 1 amide bonds. The average molecular weight is 423 g/mol. The summed E-state index contributed by atoms with van der Waals surface area (Å²) in [6.45, 7) is -0.0656. The molecule has 2 aromatic carbocycles. The molecule has 4 nitrogen and oxygen atoms in total. The number of carboxylic acids is 1. The fourth-order valence-corrected chi connectivity index (χ4v) is 3.79. The van der Waals surface area contributed by atoms with Gasteiger partial charge in [0, 0.05) is 0 Å². The number of nitrogens with zero attached hydrogens (tertiary/aromatic N) is 1. The lowest BCUT2D eigenvalue weighted by Gasteiger charge is -2.15. The molecule has 144 valence electrons. The van der Waals surface area contributed by atoms with Gasteiger partial charge in [-0.05, 0) is 41.5 Å². The van der Waals surface area contributed by atoms with Crippen molar-refractivity contribution >= 4 is 46.3 Å². The van der Waals surface area contributed by atoms with Gasteiger partial charge in [0.15, 0.2) is 0 Å². The molecule has 0 aromatic heterocycles. The maximum atomic E-state index is 12.9. The molecule has 0 spiro atoms. The van der Waals surface area contributed by atoms with E-state index in [9.17, 15) is 22.8 Å². The Kier molecular flexibility index (Phi) is 5.57. The predicted molar refractivity (Wildman–Crippen MR) is 104 cm³/mol. The summed E-state index contributed by atoms with van der Waals surface area (Å²) in [5.74, 6) is -1.46. The standard InChI is InChI=1S/C19H12F3NO3S2/c20-19(21,22)14-3-1-2-12(8-14)10-23-16(24)15(28-18(23)27)9-11-4-6-13(7-5-11)17(25)26/h1-9H,10H2,(H,25,26). The molecule has 1 aliphatic rings. The molecule has 1 aliphatic heterocycles. The van der Waals surface area contributed by atoms with Crippen LogP contribution < -0.4 is 0 Å². The van der Waals surface area contributed by atoms with E-state index in [4.69, 9.17) is 17.3 Å². The average Bonchev–Trinajstić information content (AvgIpc) is 2.89. The second-order valence-corrected chi connectivity index (χ2v) is 7.57. The zero-order valence-electron chi connectivity index (χ0n) is 14.1. The number of halogens is 3. The third kappa shape index (κ3) is 4.42. The van der Waals surface area contributed by atoms with E-state index < -0.39 is 23.6 Å². The fourth-order valence-electron chi connectivity index (χ4n) is 2.54. The Hall–Kier alpha value is -2.65. The molecule has 0 radical (unpaired) electrons. The summed E-state index contributed by atoms with van der Waals surface area (Å²) in [7, 11) is 0. The van der Waals surface area contributed by atoms with E-state index in [1.54, 1.807) is 18.2 Å². The van der Waals surface area contributed by atoms with Crippen LogP contribution in [-0.4, -0.2) is 26.2 Å². The van der Waals surface area contributed by atoms with E-state index in [0.717, 1.165) is 23.9 Å². The van der Waals surface area contributed by atoms with Crippen molar-refractivity contribution in [3.8, 4) is 0 Å².